The van der Waals surface area contributed by atoms with E-state index in [1.165, 1.54) is 33.3 Å². The van der Waals surface area contributed by atoms with Crippen LogP contribution in [0.2, 0.25) is 0 Å². The van der Waals surface area contributed by atoms with Crippen molar-refractivity contribution < 1.29 is 5.11 Å². The van der Waals surface area contributed by atoms with Crippen molar-refractivity contribution in [3.05, 3.63) is 70.9 Å². The van der Waals surface area contributed by atoms with E-state index in [9.17, 15) is 5.11 Å². The molecule has 3 aromatic rings. The zero-order valence-corrected chi connectivity index (χ0v) is 19.2. The molecule has 0 saturated carbocycles. The topological polar surface area (TPSA) is 28.4 Å². The molecule has 1 aliphatic heterocycles. The molecule has 0 saturated heterocycles. The average Bonchev–Trinajstić information content (AvgIpc) is 2.99. The van der Waals surface area contributed by atoms with Gasteiger partial charge in [0.05, 0.1) is 6.10 Å². The van der Waals surface area contributed by atoms with E-state index >= 15 is 0 Å². The molecule has 0 amide bonds. The van der Waals surface area contributed by atoms with E-state index < -0.39 is 0 Å². The normalized spacial score (nSPS) is 17.1. The van der Waals surface area contributed by atoms with Crippen molar-refractivity contribution >= 4 is 10.9 Å². The first-order valence-electron chi connectivity index (χ1n) is 11.3. The fraction of sp³-hybridized carbons (Fsp3) is 0.481. The summed E-state index contributed by atoms with van der Waals surface area (Å²) in [5.74, 6) is 0.279. The summed E-state index contributed by atoms with van der Waals surface area (Å²) in [4.78, 5) is 2.42. The third-order valence-corrected chi connectivity index (χ3v) is 6.78. The van der Waals surface area contributed by atoms with Crippen molar-refractivity contribution in [3.63, 3.8) is 0 Å². The van der Waals surface area contributed by atoms with E-state index in [0.29, 0.717) is 0 Å². The van der Waals surface area contributed by atoms with Crippen molar-refractivity contribution in [2.75, 3.05) is 13.6 Å². The number of aryl methyl sites for hydroxylation is 1. The largest absolute Gasteiger partial charge is 0.393 e. The highest BCUT2D eigenvalue weighted by atomic mass is 16.3. The van der Waals surface area contributed by atoms with Crippen molar-refractivity contribution in [2.45, 2.75) is 65.6 Å². The second-order valence-electron chi connectivity index (χ2n) is 10.3. The Bertz CT molecular complexity index is 1010. The van der Waals surface area contributed by atoms with Crippen molar-refractivity contribution in [1.29, 1.82) is 0 Å². The summed E-state index contributed by atoms with van der Waals surface area (Å²) >= 11 is 0. The summed E-state index contributed by atoms with van der Waals surface area (Å²) in [5, 5.41) is 12.4. The number of aliphatic hydroxyl groups excluding tert-OH is 1. The first-order valence-corrected chi connectivity index (χ1v) is 11.3. The minimum Gasteiger partial charge on any atom is -0.393 e. The van der Waals surface area contributed by atoms with E-state index in [1.807, 2.05) is 0 Å². The van der Waals surface area contributed by atoms with Gasteiger partial charge in [0, 0.05) is 48.6 Å². The summed E-state index contributed by atoms with van der Waals surface area (Å²) in [7, 11) is 2.22. The van der Waals surface area contributed by atoms with Gasteiger partial charge in [0.2, 0.25) is 0 Å². The van der Waals surface area contributed by atoms with Crippen LogP contribution in [0.5, 0.6) is 0 Å². The van der Waals surface area contributed by atoms with Gasteiger partial charge in [0.25, 0.3) is 0 Å². The van der Waals surface area contributed by atoms with Gasteiger partial charge in [-0.3, -0.25) is 0 Å². The van der Waals surface area contributed by atoms with Gasteiger partial charge in [0.15, 0.2) is 0 Å². The van der Waals surface area contributed by atoms with E-state index in [0.717, 1.165) is 32.5 Å². The van der Waals surface area contributed by atoms with Crippen LogP contribution in [0, 0.1) is 12.3 Å². The summed E-state index contributed by atoms with van der Waals surface area (Å²) in [5.41, 5.74) is 6.83. The van der Waals surface area contributed by atoms with E-state index in [-0.39, 0.29) is 17.4 Å². The Hall–Kier alpha value is -2.10. The maximum absolute atomic E-state index is 11.0. The number of benzene rings is 2. The second-order valence-corrected chi connectivity index (χ2v) is 10.3. The molecular weight excluding hydrogens is 368 g/mol. The van der Waals surface area contributed by atoms with E-state index in [1.54, 1.807) is 0 Å². The molecule has 1 aliphatic rings. The van der Waals surface area contributed by atoms with Crippen LogP contribution in [0.1, 0.15) is 55.5 Å². The number of aromatic nitrogens is 1. The number of likely N-dealkylation sites (N-methyl/N-ethyl adjacent to an activating group) is 1. The van der Waals surface area contributed by atoms with Gasteiger partial charge in [-0.2, -0.15) is 0 Å². The maximum atomic E-state index is 11.0. The third kappa shape index (κ3) is 4.19. The minimum atomic E-state index is -0.339. The Morgan fingerprint density at radius 2 is 1.80 bits per heavy atom. The molecule has 0 radical (unpaired) electrons. The van der Waals surface area contributed by atoms with E-state index in [4.69, 9.17) is 0 Å². The maximum Gasteiger partial charge on any atom is 0.0595 e. The molecule has 3 nitrogen and oxygen atoms in total. The predicted octanol–water partition coefficient (Wildman–Crippen LogP) is 5.52. The molecule has 0 bridgehead atoms. The summed E-state index contributed by atoms with van der Waals surface area (Å²) in [6.45, 7) is 11.6. The molecular formula is C27H36N2O. The lowest BCUT2D eigenvalue weighted by Crippen LogP contribution is -2.30. The van der Waals surface area contributed by atoms with Crippen molar-refractivity contribution in [2.24, 2.45) is 5.41 Å². The number of rotatable bonds is 5. The van der Waals surface area contributed by atoms with Crippen LogP contribution in [0.3, 0.4) is 0 Å². The highest BCUT2D eigenvalue weighted by Crippen LogP contribution is 2.36. The van der Waals surface area contributed by atoms with Gasteiger partial charge >= 0.3 is 0 Å². The number of hydrogen-bond acceptors (Lipinski definition) is 2. The minimum absolute atomic E-state index is 0.120. The SMILES string of the molecule is Cc1ccc2c(c1)c1c(n2CC(CC(O)C(C)(C)C)c2ccccc2)CCN(C)C1. The molecule has 0 aliphatic carbocycles. The van der Waals surface area contributed by atoms with Gasteiger partial charge in [-0.15, -0.1) is 0 Å². The van der Waals surface area contributed by atoms with Crippen LogP contribution in [0.25, 0.3) is 10.9 Å². The fourth-order valence-corrected chi connectivity index (χ4v) is 4.79. The van der Waals surface area contributed by atoms with Crippen molar-refractivity contribution in [3.8, 4) is 0 Å². The predicted molar refractivity (Wildman–Crippen MR) is 126 cm³/mol. The Labute approximate surface area is 181 Å². The van der Waals surface area contributed by atoms with Gasteiger partial charge < -0.3 is 14.6 Å². The average molecular weight is 405 g/mol. The Morgan fingerprint density at radius 1 is 1.07 bits per heavy atom. The van der Waals surface area contributed by atoms with Gasteiger partial charge in [-0.25, -0.2) is 0 Å². The van der Waals surface area contributed by atoms with Crippen LogP contribution in [-0.2, 0) is 19.5 Å². The van der Waals surface area contributed by atoms with Gasteiger partial charge in [-0.1, -0.05) is 62.7 Å². The van der Waals surface area contributed by atoms with Crippen LogP contribution >= 0.6 is 0 Å². The molecule has 1 N–H and O–H groups in total. The van der Waals surface area contributed by atoms with Crippen molar-refractivity contribution in [1.82, 2.24) is 9.47 Å². The third-order valence-electron chi connectivity index (χ3n) is 6.78. The Morgan fingerprint density at radius 3 is 2.50 bits per heavy atom. The lowest BCUT2D eigenvalue weighted by molar-refractivity contribution is 0.0477. The lowest BCUT2D eigenvalue weighted by atomic mass is 9.81. The molecule has 3 heteroatoms. The molecule has 30 heavy (non-hydrogen) atoms. The Kier molecular flexibility index (Phi) is 5.78. The number of nitrogens with zero attached hydrogens (tertiary/aromatic N) is 2. The zero-order chi connectivity index (χ0) is 21.5. The molecule has 2 aromatic carbocycles. The molecule has 2 heterocycles. The van der Waals surface area contributed by atoms with Gasteiger partial charge in [-0.05, 0) is 49.1 Å². The molecule has 2 unspecified atom stereocenters. The summed E-state index contributed by atoms with van der Waals surface area (Å²) in [6, 6.07) is 17.6. The van der Waals surface area contributed by atoms with Gasteiger partial charge in [0.1, 0.15) is 0 Å². The van der Waals surface area contributed by atoms with E-state index in [2.05, 4.69) is 92.7 Å². The first kappa shape index (κ1) is 21.1. The summed E-state index contributed by atoms with van der Waals surface area (Å²) < 4.78 is 2.56. The molecule has 2 atom stereocenters. The molecule has 1 aromatic heterocycles. The monoisotopic (exact) mass is 404 g/mol. The zero-order valence-electron chi connectivity index (χ0n) is 19.2. The number of hydrogen-bond donors (Lipinski definition) is 1. The van der Waals surface area contributed by atoms with Crippen LogP contribution < -0.4 is 0 Å². The standard InChI is InChI=1S/C27H36N2O/c1-19-11-12-24-22(15-19)23-18-28(5)14-13-25(23)29(24)17-21(16-26(30)27(2,3)4)20-9-7-6-8-10-20/h6-12,15,21,26,30H,13-14,16-18H2,1-5H3. The smallest absolute Gasteiger partial charge is 0.0595 e. The molecule has 4 rings (SSSR count). The van der Waals surface area contributed by atoms with Crippen LogP contribution in [0.4, 0.5) is 0 Å². The summed E-state index contributed by atoms with van der Waals surface area (Å²) in [6.07, 6.45) is 1.52. The lowest BCUT2D eigenvalue weighted by Gasteiger charge is -2.31. The first-order chi connectivity index (χ1) is 14.2. The Balaban J connectivity index is 1.78. The highest BCUT2D eigenvalue weighted by molar-refractivity contribution is 5.86. The second kappa shape index (κ2) is 8.20. The molecule has 160 valence electrons. The fourth-order valence-electron chi connectivity index (χ4n) is 4.79. The molecule has 0 spiro atoms. The molecule has 0 fully saturated rings. The highest BCUT2D eigenvalue weighted by Gasteiger charge is 2.29. The number of aliphatic hydroxyl groups is 1. The quantitative estimate of drug-likeness (QED) is 0.607. The van der Waals surface area contributed by atoms with Crippen LogP contribution in [-0.4, -0.2) is 34.3 Å². The van der Waals surface area contributed by atoms with Crippen LogP contribution in [0.15, 0.2) is 48.5 Å². The number of fused-ring (bicyclic) bond motifs is 3.